The second kappa shape index (κ2) is 5.88. The number of hydrogen-bond donors (Lipinski definition) is 1. The lowest BCUT2D eigenvalue weighted by Gasteiger charge is -2.17. The third kappa shape index (κ3) is 2.85. The molecule has 0 radical (unpaired) electrons. The standard InChI is InChI=1S/C12H19NO4S2/c1-9-8-18-11(6-14)12(9)19(15,16)13-4-3-10(5-13)7-17-2/h8,10,14H,3-7H2,1-2H3. The summed E-state index contributed by atoms with van der Waals surface area (Å²) >= 11 is 1.29. The van der Waals surface area contributed by atoms with Crippen LogP contribution in [-0.4, -0.2) is 44.6 Å². The molecule has 1 aliphatic rings. The van der Waals surface area contributed by atoms with E-state index in [1.165, 1.54) is 15.6 Å². The van der Waals surface area contributed by atoms with Crippen LogP contribution in [-0.2, 0) is 21.4 Å². The summed E-state index contributed by atoms with van der Waals surface area (Å²) in [6.07, 6.45) is 0.824. The molecule has 1 saturated heterocycles. The first-order chi connectivity index (χ1) is 9.00. The Bertz CT molecular complexity index is 538. The maximum Gasteiger partial charge on any atom is 0.244 e. The van der Waals surface area contributed by atoms with Gasteiger partial charge < -0.3 is 9.84 Å². The quantitative estimate of drug-likeness (QED) is 0.888. The van der Waals surface area contributed by atoms with Crippen LogP contribution in [0.3, 0.4) is 0 Å². The van der Waals surface area contributed by atoms with E-state index in [9.17, 15) is 13.5 Å². The summed E-state index contributed by atoms with van der Waals surface area (Å²) in [5.41, 5.74) is 0.712. The van der Waals surface area contributed by atoms with Gasteiger partial charge in [0.1, 0.15) is 4.90 Å². The SMILES string of the molecule is COCC1CCN(S(=O)(=O)c2c(C)csc2CO)C1. The van der Waals surface area contributed by atoms with Gasteiger partial charge in [0.05, 0.1) is 18.1 Å². The van der Waals surface area contributed by atoms with Crippen LogP contribution < -0.4 is 0 Å². The second-order valence-corrected chi connectivity index (χ2v) is 7.64. The molecule has 108 valence electrons. The second-order valence-electron chi connectivity index (χ2n) is 4.80. The smallest absolute Gasteiger partial charge is 0.244 e. The predicted octanol–water partition coefficient (Wildman–Crippen LogP) is 1.21. The third-order valence-electron chi connectivity index (χ3n) is 3.38. The number of hydrogen-bond acceptors (Lipinski definition) is 5. The molecule has 5 nitrogen and oxygen atoms in total. The van der Waals surface area contributed by atoms with E-state index in [0.717, 1.165) is 6.42 Å². The number of aliphatic hydroxyl groups excluding tert-OH is 1. The van der Waals surface area contributed by atoms with Crippen LogP contribution in [0.4, 0.5) is 0 Å². The van der Waals surface area contributed by atoms with Crippen LogP contribution >= 0.6 is 11.3 Å². The molecule has 0 aliphatic carbocycles. The Balaban J connectivity index is 2.26. The summed E-state index contributed by atoms with van der Waals surface area (Å²) in [6.45, 7) is 3.14. The van der Waals surface area contributed by atoms with Gasteiger partial charge in [-0.15, -0.1) is 11.3 Å². The molecule has 2 heterocycles. The van der Waals surface area contributed by atoms with Crippen LogP contribution in [0.15, 0.2) is 10.3 Å². The molecule has 1 aliphatic heterocycles. The van der Waals surface area contributed by atoms with Crippen molar-refractivity contribution >= 4 is 21.4 Å². The van der Waals surface area contributed by atoms with Crippen molar-refractivity contribution in [2.45, 2.75) is 24.8 Å². The minimum atomic E-state index is -3.49. The molecule has 0 spiro atoms. The van der Waals surface area contributed by atoms with E-state index in [1.54, 1.807) is 19.4 Å². The molecule has 1 fully saturated rings. The van der Waals surface area contributed by atoms with Gasteiger partial charge in [-0.3, -0.25) is 0 Å². The average molecular weight is 305 g/mol. The number of ether oxygens (including phenoxy) is 1. The first-order valence-corrected chi connectivity index (χ1v) is 8.49. The molecule has 7 heteroatoms. The highest BCUT2D eigenvalue weighted by Gasteiger charge is 2.35. The summed E-state index contributed by atoms with van der Waals surface area (Å²) in [5.74, 6) is 0.260. The number of methoxy groups -OCH3 is 1. The molecular formula is C12H19NO4S2. The predicted molar refractivity (Wildman–Crippen MR) is 73.7 cm³/mol. The fourth-order valence-electron chi connectivity index (χ4n) is 2.46. The van der Waals surface area contributed by atoms with Crippen molar-refractivity contribution < 1.29 is 18.3 Å². The molecule has 0 saturated carbocycles. The number of nitrogens with zero attached hydrogens (tertiary/aromatic N) is 1. The van der Waals surface area contributed by atoms with Crippen LogP contribution in [0.25, 0.3) is 0 Å². The Morgan fingerprint density at radius 1 is 1.58 bits per heavy atom. The van der Waals surface area contributed by atoms with Gasteiger partial charge in [-0.05, 0) is 30.2 Å². The van der Waals surface area contributed by atoms with E-state index in [0.29, 0.717) is 30.1 Å². The van der Waals surface area contributed by atoms with E-state index >= 15 is 0 Å². The molecule has 0 bridgehead atoms. The first-order valence-electron chi connectivity index (χ1n) is 6.17. The number of sulfonamides is 1. The number of thiophene rings is 1. The van der Waals surface area contributed by atoms with Gasteiger partial charge in [0.25, 0.3) is 0 Å². The lowest BCUT2D eigenvalue weighted by molar-refractivity contribution is 0.157. The fourth-order valence-corrected chi connectivity index (χ4v) is 5.60. The lowest BCUT2D eigenvalue weighted by Crippen LogP contribution is -2.30. The molecule has 19 heavy (non-hydrogen) atoms. The largest absolute Gasteiger partial charge is 0.391 e. The molecule has 0 aromatic carbocycles. The van der Waals surface area contributed by atoms with Gasteiger partial charge in [-0.2, -0.15) is 4.31 Å². The highest BCUT2D eigenvalue weighted by molar-refractivity contribution is 7.89. The summed E-state index contributed by atoms with van der Waals surface area (Å²) in [5, 5.41) is 11.1. The minimum Gasteiger partial charge on any atom is -0.391 e. The van der Waals surface area contributed by atoms with Crippen LogP contribution in [0.2, 0.25) is 0 Å². The highest BCUT2D eigenvalue weighted by atomic mass is 32.2. The molecule has 1 aromatic rings. The van der Waals surface area contributed by atoms with Gasteiger partial charge in [-0.1, -0.05) is 0 Å². The summed E-state index contributed by atoms with van der Waals surface area (Å²) in [7, 11) is -1.86. The average Bonchev–Trinajstić information content (AvgIpc) is 2.96. The van der Waals surface area contributed by atoms with Crippen molar-refractivity contribution in [1.29, 1.82) is 0 Å². The topological polar surface area (TPSA) is 66.8 Å². The maximum atomic E-state index is 12.6. The van der Waals surface area contributed by atoms with E-state index in [-0.39, 0.29) is 17.4 Å². The van der Waals surface area contributed by atoms with E-state index < -0.39 is 10.0 Å². The number of aliphatic hydroxyl groups is 1. The van der Waals surface area contributed by atoms with Crippen LogP contribution in [0.1, 0.15) is 16.9 Å². The molecular weight excluding hydrogens is 286 g/mol. The van der Waals surface area contributed by atoms with Gasteiger partial charge >= 0.3 is 0 Å². The molecule has 0 amide bonds. The van der Waals surface area contributed by atoms with E-state index in [1.807, 2.05) is 0 Å². The molecule has 1 unspecified atom stereocenters. The summed E-state index contributed by atoms with van der Waals surface area (Å²) in [4.78, 5) is 0.811. The molecule has 1 N–H and O–H groups in total. The van der Waals surface area contributed by atoms with Crippen LogP contribution in [0.5, 0.6) is 0 Å². The molecule has 1 atom stereocenters. The van der Waals surface area contributed by atoms with Crippen molar-refractivity contribution in [3.63, 3.8) is 0 Å². The Kier molecular flexibility index (Phi) is 4.62. The van der Waals surface area contributed by atoms with Crippen molar-refractivity contribution in [2.75, 3.05) is 26.8 Å². The Hall–Kier alpha value is -0.470. The normalized spacial score (nSPS) is 21.1. The van der Waals surface area contributed by atoms with Gasteiger partial charge in [0.15, 0.2) is 0 Å². The van der Waals surface area contributed by atoms with E-state index in [4.69, 9.17) is 4.74 Å². The maximum absolute atomic E-state index is 12.6. The zero-order chi connectivity index (χ0) is 14.0. The zero-order valence-electron chi connectivity index (χ0n) is 11.1. The lowest BCUT2D eigenvalue weighted by atomic mass is 10.1. The van der Waals surface area contributed by atoms with Crippen LogP contribution in [0, 0.1) is 12.8 Å². The fraction of sp³-hybridized carbons (Fsp3) is 0.667. The minimum absolute atomic E-state index is 0.234. The molecule has 1 aromatic heterocycles. The van der Waals surface area contributed by atoms with Crippen molar-refractivity contribution in [3.8, 4) is 0 Å². The molecule has 2 rings (SSSR count). The first kappa shape index (κ1) is 14.9. The van der Waals surface area contributed by atoms with Gasteiger partial charge in [-0.25, -0.2) is 8.42 Å². The Morgan fingerprint density at radius 2 is 2.32 bits per heavy atom. The Morgan fingerprint density at radius 3 is 2.95 bits per heavy atom. The monoisotopic (exact) mass is 305 g/mol. The highest BCUT2D eigenvalue weighted by Crippen LogP contribution is 2.32. The third-order valence-corrected chi connectivity index (χ3v) is 6.70. The zero-order valence-corrected chi connectivity index (χ0v) is 12.8. The van der Waals surface area contributed by atoms with Gasteiger partial charge in [0.2, 0.25) is 10.0 Å². The summed E-state index contributed by atoms with van der Waals surface area (Å²) < 4.78 is 31.8. The Labute approximate surface area is 117 Å². The number of aryl methyl sites for hydroxylation is 1. The van der Waals surface area contributed by atoms with Crippen molar-refractivity contribution in [1.82, 2.24) is 4.31 Å². The number of rotatable bonds is 5. The van der Waals surface area contributed by atoms with Crippen molar-refractivity contribution in [3.05, 3.63) is 15.8 Å². The van der Waals surface area contributed by atoms with E-state index in [2.05, 4.69) is 0 Å². The van der Waals surface area contributed by atoms with Gasteiger partial charge in [0, 0.05) is 20.2 Å². The summed E-state index contributed by atoms with van der Waals surface area (Å²) in [6, 6.07) is 0. The van der Waals surface area contributed by atoms with Crippen molar-refractivity contribution in [2.24, 2.45) is 5.92 Å².